The average molecular weight is 337 g/mol. The third kappa shape index (κ3) is 4.60. The minimum absolute atomic E-state index is 0.00782. The van der Waals surface area contributed by atoms with Crippen LogP contribution in [0.1, 0.15) is 11.1 Å². The van der Waals surface area contributed by atoms with E-state index in [9.17, 15) is 4.79 Å². The summed E-state index contributed by atoms with van der Waals surface area (Å²) in [6, 6.07) is 13.9. The van der Waals surface area contributed by atoms with Gasteiger partial charge >= 0.3 is 0 Å². The molecule has 0 aliphatic heterocycles. The van der Waals surface area contributed by atoms with Crippen molar-refractivity contribution in [3.63, 3.8) is 0 Å². The summed E-state index contributed by atoms with van der Waals surface area (Å²) in [6.45, 7) is 1.06. The van der Waals surface area contributed by atoms with Gasteiger partial charge in [-0.2, -0.15) is 0 Å². The van der Waals surface area contributed by atoms with Gasteiger partial charge < -0.3 is 10.6 Å². The number of nitrogens with two attached hydrogens (primary N) is 1. The first-order valence-corrected chi connectivity index (χ1v) is 7.94. The van der Waals surface area contributed by atoms with E-state index in [0.717, 1.165) is 12.0 Å². The standard InChI is InChI=1S/C17H19N7O/c18-17-20-21-22-24(17)13-16(25)23(12-15-7-4-9-19-11-15)10-8-14-5-2-1-3-6-14/h1-7,9,11H,8,10,12-13H2,(H2,18,20,22). The van der Waals surface area contributed by atoms with Gasteiger partial charge in [0, 0.05) is 25.5 Å². The molecule has 0 aliphatic carbocycles. The van der Waals surface area contributed by atoms with Crippen molar-refractivity contribution in [1.29, 1.82) is 0 Å². The number of amides is 1. The topological polar surface area (TPSA) is 103 Å². The van der Waals surface area contributed by atoms with Gasteiger partial charge in [0.05, 0.1) is 0 Å². The van der Waals surface area contributed by atoms with E-state index in [1.165, 1.54) is 10.2 Å². The highest BCUT2D eigenvalue weighted by Gasteiger charge is 2.17. The summed E-state index contributed by atoms with van der Waals surface area (Å²) >= 11 is 0. The Hall–Kier alpha value is -3.29. The number of pyridine rings is 1. The number of anilines is 1. The van der Waals surface area contributed by atoms with E-state index in [-0.39, 0.29) is 18.4 Å². The van der Waals surface area contributed by atoms with Crippen molar-refractivity contribution < 1.29 is 4.79 Å². The molecule has 0 aliphatic rings. The number of nitrogen functional groups attached to an aromatic ring is 1. The van der Waals surface area contributed by atoms with Crippen molar-refractivity contribution >= 4 is 11.9 Å². The van der Waals surface area contributed by atoms with Crippen LogP contribution in [0.3, 0.4) is 0 Å². The third-order valence-corrected chi connectivity index (χ3v) is 3.81. The van der Waals surface area contributed by atoms with Crippen molar-refractivity contribution in [1.82, 2.24) is 30.1 Å². The number of benzene rings is 1. The number of tetrazole rings is 1. The molecule has 1 amide bonds. The van der Waals surface area contributed by atoms with Gasteiger partial charge in [0.1, 0.15) is 6.54 Å². The lowest BCUT2D eigenvalue weighted by atomic mass is 10.1. The Morgan fingerprint density at radius 1 is 1.12 bits per heavy atom. The zero-order valence-corrected chi connectivity index (χ0v) is 13.7. The molecule has 2 N–H and O–H groups in total. The van der Waals surface area contributed by atoms with Gasteiger partial charge in [0.15, 0.2) is 0 Å². The summed E-state index contributed by atoms with van der Waals surface area (Å²) in [5.41, 5.74) is 7.79. The van der Waals surface area contributed by atoms with Crippen molar-refractivity contribution in [3.05, 3.63) is 66.0 Å². The Kier molecular flexibility index (Phi) is 5.30. The van der Waals surface area contributed by atoms with Crippen LogP contribution in [-0.2, 0) is 24.3 Å². The molecule has 0 saturated carbocycles. The van der Waals surface area contributed by atoms with E-state index >= 15 is 0 Å². The molecule has 0 saturated heterocycles. The van der Waals surface area contributed by atoms with Gasteiger partial charge in [0.25, 0.3) is 0 Å². The molecule has 0 bridgehead atoms. The van der Waals surface area contributed by atoms with Crippen LogP contribution in [0.5, 0.6) is 0 Å². The first-order chi connectivity index (χ1) is 12.2. The van der Waals surface area contributed by atoms with Gasteiger partial charge in [-0.25, -0.2) is 4.68 Å². The highest BCUT2D eigenvalue weighted by molar-refractivity contribution is 5.76. The second-order valence-electron chi connectivity index (χ2n) is 5.61. The van der Waals surface area contributed by atoms with E-state index < -0.39 is 0 Å². The molecule has 3 rings (SSSR count). The van der Waals surface area contributed by atoms with E-state index in [1.807, 2.05) is 42.5 Å². The number of aromatic nitrogens is 5. The Labute approximate surface area is 145 Å². The molecule has 2 heterocycles. The van der Waals surface area contributed by atoms with Gasteiger partial charge in [-0.3, -0.25) is 9.78 Å². The minimum Gasteiger partial charge on any atom is -0.367 e. The number of carbonyl (C=O) groups excluding carboxylic acids is 1. The monoisotopic (exact) mass is 337 g/mol. The molecule has 128 valence electrons. The molecule has 8 nitrogen and oxygen atoms in total. The molecule has 1 aromatic carbocycles. The molecule has 0 radical (unpaired) electrons. The van der Waals surface area contributed by atoms with E-state index in [4.69, 9.17) is 5.73 Å². The van der Waals surface area contributed by atoms with Crippen molar-refractivity contribution in [2.45, 2.75) is 19.5 Å². The van der Waals surface area contributed by atoms with Crippen molar-refractivity contribution in [3.8, 4) is 0 Å². The summed E-state index contributed by atoms with van der Waals surface area (Å²) < 4.78 is 1.29. The van der Waals surface area contributed by atoms with Crippen LogP contribution in [-0.4, -0.2) is 42.5 Å². The highest BCUT2D eigenvalue weighted by atomic mass is 16.2. The van der Waals surface area contributed by atoms with Crippen molar-refractivity contribution in [2.75, 3.05) is 12.3 Å². The second-order valence-corrected chi connectivity index (χ2v) is 5.61. The van der Waals surface area contributed by atoms with Crippen molar-refractivity contribution in [2.24, 2.45) is 0 Å². The number of hydrogen-bond acceptors (Lipinski definition) is 6. The summed E-state index contributed by atoms with van der Waals surface area (Å²) in [5, 5.41) is 10.8. The van der Waals surface area contributed by atoms with Gasteiger partial charge in [0.2, 0.25) is 11.9 Å². The number of rotatable bonds is 7. The molecule has 8 heteroatoms. The number of hydrogen-bond donors (Lipinski definition) is 1. The summed E-state index contributed by atoms with van der Waals surface area (Å²) in [4.78, 5) is 18.6. The lowest BCUT2D eigenvalue weighted by Crippen LogP contribution is -2.35. The maximum Gasteiger partial charge on any atom is 0.244 e. The lowest BCUT2D eigenvalue weighted by Gasteiger charge is -2.23. The Balaban J connectivity index is 1.71. The Morgan fingerprint density at radius 2 is 1.92 bits per heavy atom. The molecule has 0 unspecified atom stereocenters. The second kappa shape index (κ2) is 8.00. The van der Waals surface area contributed by atoms with Gasteiger partial charge in [-0.15, -0.1) is 0 Å². The lowest BCUT2D eigenvalue weighted by molar-refractivity contribution is -0.132. The maximum absolute atomic E-state index is 12.7. The van der Waals surface area contributed by atoms with E-state index in [2.05, 4.69) is 20.5 Å². The molecule has 2 aromatic heterocycles. The van der Waals surface area contributed by atoms with Crippen LogP contribution in [0.4, 0.5) is 5.95 Å². The quantitative estimate of drug-likeness (QED) is 0.688. The molecular weight excluding hydrogens is 318 g/mol. The molecule has 25 heavy (non-hydrogen) atoms. The molecule has 0 spiro atoms. The molecular formula is C17H19N7O. The fourth-order valence-corrected chi connectivity index (χ4v) is 2.46. The first kappa shape index (κ1) is 16.6. The van der Waals surface area contributed by atoms with E-state index in [1.54, 1.807) is 17.3 Å². The third-order valence-electron chi connectivity index (χ3n) is 3.81. The van der Waals surface area contributed by atoms with Gasteiger partial charge in [-0.1, -0.05) is 41.5 Å². The summed E-state index contributed by atoms with van der Waals surface area (Å²) in [6.07, 6.45) is 4.23. The number of carbonyl (C=O) groups is 1. The van der Waals surface area contributed by atoms with Crippen LogP contribution in [0, 0.1) is 0 Å². The fourth-order valence-electron chi connectivity index (χ4n) is 2.46. The molecule has 0 atom stereocenters. The van der Waals surface area contributed by atoms with Crippen LogP contribution in [0.15, 0.2) is 54.9 Å². The fraction of sp³-hybridized carbons (Fsp3) is 0.235. The average Bonchev–Trinajstić information content (AvgIpc) is 3.05. The first-order valence-electron chi connectivity index (χ1n) is 7.94. The van der Waals surface area contributed by atoms with Crippen LogP contribution < -0.4 is 5.73 Å². The van der Waals surface area contributed by atoms with Crippen LogP contribution in [0.25, 0.3) is 0 Å². The minimum atomic E-state index is -0.0983. The summed E-state index contributed by atoms with van der Waals surface area (Å²) in [5.74, 6) is 0.0246. The largest absolute Gasteiger partial charge is 0.367 e. The molecule has 0 fully saturated rings. The van der Waals surface area contributed by atoms with Crippen LogP contribution in [0.2, 0.25) is 0 Å². The predicted octanol–water partition coefficient (Wildman–Crippen LogP) is 0.922. The maximum atomic E-state index is 12.7. The highest BCUT2D eigenvalue weighted by Crippen LogP contribution is 2.08. The van der Waals surface area contributed by atoms with Gasteiger partial charge in [-0.05, 0) is 34.0 Å². The SMILES string of the molecule is Nc1nnnn1CC(=O)N(CCc1ccccc1)Cc1cccnc1. The van der Waals surface area contributed by atoms with Crippen LogP contribution >= 0.6 is 0 Å². The Bertz CT molecular complexity index is 804. The normalized spacial score (nSPS) is 10.6. The summed E-state index contributed by atoms with van der Waals surface area (Å²) in [7, 11) is 0. The zero-order chi connectivity index (χ0) is 17.5. The zero-order valence-electron chi connectivity index (χ0n) is 13.7. The smallest absolute Gasteiger partial charge is 0.244 e. The number of nitrogens with zero attached hydrogens (tertiary/aromatic N) is 6. The Morgan fingerprint density at radius 3 is 2.60 bits per heavy atom. The molecule has 3 aromatic rings. The predicted molar refractivity (Wildman–Crippen MR) is 92.0 cm³/mol. The van der Waals surface area contributed by atoms with E-state index in [0.29, 0.717) is 13.1 Å².